The first kappa shape index (κ1) is 19.5. The Bertz CT molecular complexity index is 897. The molecule has 0 bridgehead atoms. The molecule has 5 nitrogen and oxygen atoms in total. The second-order valence-corrected chi connectivity index (χ2v) is 6.85. The van der Waals surface area contributed by atoms with Crippen LogP contribution in [0, 0.1) is 11.3 Å². The van der Waals surface area contributed by atoms with Crippen LogP contribution >= 0.6 is 0 Å². The number of fused-ring (bicyclic) bond motifs is 1. The highest BCUT2D eigenvalue weighted by molar-refractivity contribution is 5.92. The number of amides is 1. The van der Waals surface area contributed by atoms with Crippen LogP contribution in [0.1, 0.15) is 29.5 Å². The number of nitriles is 1. The van der Waals surface area contributed by atoms with Gasteiger partial charge in [0.05, 0.1) is 7.11 Å². The van der Waals surface area contributed by atoms with Gasteiger partial charge in [0.1, 0.15) is 17.6 Å². The zero-order valence-electron chi connectivity index (χ0n) is 16.2. The molecule has 0 aliphatic carbocycles. The molecule has 0 N–H and O–H groups in total. The molecule has 1 atom stereocenters. The summed E-state index contributed by atoms with van der Waals surface area (Å²) in [6.45, 7) is 3.56. The number of rotatable bonds is 5. The molecule has 0 saturated carbocycles. The molecule has 0 spiro atoms. The molecule has 28 heavy (non-hydrogen) atoms. The fourth-order valence-electron chi connectivity index (χ4n) is 3.43. The number of benzene rings is 2. The van der Waals surface area contributed by atoms with E-state index in [0.29, 0.717) is 18.8 Å². The average Bonchev–Trinajstić information content (AvgIpc) is 2.90. The summed E-state index contributed by atoms with van der Waals surface area (Å²) in [6, 6.07) is 15.4. The third-order valence-corrected chi connectivity index (χ3v) is 4.94. The Hall–Kier alpha value is -3.26. The van der Waals surface area contributed by atoms with Crippen molar-refractivity contribution in [2.75, 3.05) is 26.8 Å². The minimum atomic E-state index is 0.0106. The molecule has 5 heteroatoms. The Morgan fingerprint density at radius 1 is 1.25 bits per heavy atom. The quantitative estimate of drug-likeness (QED) is 0.745. The number of carbonyl (C=O) groups excluding carboxylic acids is 1. The van der Waals surface area contributed by atoms with Crippen molar-refractivity contribution in [3.05, 3.63) is 65.2 Å². The second-order valence-electron chi connectivity index (χ2n) is 6.85. The number of hydrogen-bond acceptors (Lipinski definition) is 4. The van der Waals surface area contributed by atoms with Gasteiger partial charge in [0.2, 0.25) is 5.91 Å². The summed E-state index contributed by atoms with van der Waals surface area (Å²) in [5.41, 5.74) is 3.45. The van der Waals surface area contributed by atoms with Gasteiger partial charge in [-0.3, -0.25) is 4.79 Å². The van der Waals surface area contributed by atoms with Crippen LogP contribution in [0.4, 0.5) is 0 Å². The lowest BCUT2D eigenvalue weighted by atomic mass is 9.95. The molecule has 0 fully saturated rings. The second kappa shape index (κ2) is 9.09. The van der Waals surface area contributed by atoms with E-state index >= 15 is 0 Å². The molecule has 1 heterocycles. The van der Waals surface area contributed by atoms with Crippen LogP contribution in [0.5, 0.6) is 11.5 Å². The molecule has 0 aromatic heterocycles. The van der Waals surface area contributed by atoms with E-state index in [1.54, 1.807) is 25.3 Å². The van der Waals surface area contributed by atoms with Crippen molar-refractivity contribution in [1.82, 2.24) is 4.90 Å². The van der Waals surface area contributed by atoms with Crippen LogP contribution < -0.4 is 9.47 Å². The summed E-state index contributed by atoms with van der Waals surface area (Å²) in [5, 5.41) is 8.54. The summed E-state index contributed by atoms with van der Waals surface area (Å²) >= 11 is 0. The predicted molar refractivity (Wildman–Crippen MR) is 108 cm³/mol. The largest absolute Gasteiger partial charge is 0.497 e. The van der Waals surface area contributed by atoms with E-state index in [0.717, 1.165) is 17.7 Å². The third kappa shape index (κ3) is 4.72. The van der Waals surface area contributed by atoms with Crippen molar-refractivity contribution in [2.45, 2.75) is 19.3 Å². The van der Waals surface area contributed by atoms with E-state index in [4.69, 9.17) is 14.7 Å². The lowest BCUT2D eigenvalue weighted by molar-refractivity contribution is -0.126. The van der Waals surface area contributed by atoms with Gasteiger partial charge < -0.3 is 14.4 Å². The molecule has 0 radical (unpaired) electrons. The van der Waals surface area contributed by atoms with Crippen molar-refractivity contribution >= 4 is 12.0 Å². The van der Waals surface area contributed by atoms with Crippen LogP contribution in [-0.2, 0) is 11.2 Å². The lowest BCUT2D eigenvalue weighted by Gasteiger charge is -2.21. The molecule has 1 unspecified atom stereocenters. The van der Waals surface area contributed by atoms with Crippen LogP contribution in [0.25, 0.3) is 6.08 Å². The minimum Gasteiger partial charge on any atom is -0.497 e. The van der Waals surface area contributed by atoms with Crippen LogP contribution in [0.3, 0.4) is 0 Å². The summed E-state index contributed by atoms with van der Waals surface area (Å²) in [5.74, 6) is 1.75. The summed E-state index contributed by atoms with van der Waals surface area (Å²) < 4.78 is 10.6. The fourth-order valence-corrected chi connectivity index (χ4v) is 3.43. The third-order valence-electron chi connectivity index (χ3n) is 4.94. The maximum atomic E-state index is 12.7. The smallest absolute Gasteiger partial charge is 0.246 e. The summed E-state index contributed by atoms with van der Waals surface area (Å²) in [4.78, 5) is 14.6. The molecule has 144 valence electrons. The molecule has 1 aliphatic rings. The van der Waals surface area contributed by atoms with Crippen molar-refractivity contribution in [2.24, 2.45) is 0 Å². The lowest BCUT2D eigenvalue weighted by Crippen LogP contribution is -2.32. The van der Waals surface area contributed by atoms with Gasteiger partial charge in [-0.05, 0) is 59.4 Å². The van der Waals surface area contributed by atoms with Gasteiger partial charge in [0.15, 0.2) is 6.61 Å². The molecular formula is C23H24N2O3. The minimum absolute atomic E-state index is 0.0106. The van der Waals surface area contributed by atoms with Gasteiger partial charge in [-0.15, -0.1) is 0 Å². The first-order valence-corrected chi connectivity index (χ1v) is 9.34. The Morgan fingerprint density at radius 2 is 2.00 bits per heavy atom. The van der Waals surface area contributed by atoms with Gasteiger partial charge in [0, 0.05) is 19.2 Å². The van der Waals surface area contributed by atoms with Crippen molar-refractivity contribution in [3.8, 4) is 17.6 Å². The number of carbonyl (C=O) groups is 1. The highest BCUT2D eigenvalue weighted by Crippen LogP contribution is 2.29. The fraction of sp³-hybridized carbons (Fsp3) is 0.304. The van der Waals surface area contributed by atoms with Gasteiger partial charge in [-0.2, -0.15) is 5.26 Å². The zero-order valence-corrected chi connectivity index (χ0v) is 16.2. The van der Waals surface area contributed by atoms with E-state index < -0.39 is 0 Å². The topological polar surface area (TPSA) is 62.6 Å². The Kier molecular flexibility index (Phi) is 6.33. The number of methoxy groups -OCH3 is 1. The van der Waals surface area contributed by atoms with E-state index in [-0.39, 0.29) is 18.4 Å². The highest BCUT2D eigenvalue weighted by Gasteiger charge is 2.22. The summed E-state index contributed by atoms with van der Waals surface area (Å²) in [6.07, 6.45) is 4.27. The van der Waals surface area contributed by atoms with Crippen molar-refractivity contribution < 1.29 is 14.3 Å². The Morgan fingerprint density at radius 3 is 2.71 bits per heavy atom. The van der Waals surface area contributed by atoms with E-state index in [2.05, 4.69) is 19.1 Å². The number of hydrogen-bond donors (Lipinski definition) is 0. The Labute approximate surface area is 165 Å². The molecule has 1 aliphatic heterocycles. The SMILES string of the molecule is COc1ccc2c(c1)C(C)CN(C(=O)/C=C/c1ccc(OCC#N)cc1)CC2. The zero-order chi connectivity index (χ0) is 19.9. The highest BCUT2D eigenvalue weighted by atomic mass is 16.5. The maximum Gasteiger partial charge on any atom is 0.246 e. The van der Waals surface area contributed by atoms with Gasteiger partial charge in [-0.1, -0.05) is 25.1 Å². The molecular weight excluding hydrogens is 352 g/mol. The van der Waals surface area contributed by atoms with Gasteiger partial charge in [-0.25, -0.2) is 0 Å². The first-order valence-electron chi connectivity index (χ1n) is 9.34. The number of nitrogens with zero attached hydrogens (tertiary/aromatic N) is 2. The predicted octanol–water partition coefficient (Wildman–Crippen LogP) is 3.80. The first-order chi connectivity index (χ1) is 13.6. The molecule has 1 amide bonds. The van der Waals surface area contributed by atoms with E-state index in [1.807, 2.05) is 35.2 Å². The molecule has 3 rings (SSSR count). The van der Waals surface area contributed by atoms with Gasteiger partial charge >= 0.3 is 0 Å². The normalized spacial score (nSPS) is 16.2. The molecule has 2 aromatic carbocycles. The molecule has 2 aromatic rings. The van der Waals surface area contributed by atoms with E-state index in [1.165, 1.54) is 11.1 Å². The van der Waals surface area contributed by atoms with Crippen LogP contribution in [0.2, 0.25) is 0 Å². The average molecular weight is 376 g/mol. The van der Waals surface area contributed by atoms with Crippen LogP contribution in [-0.4, -0.2) is 37.6 Å². The standard InChI is InChI=1S/C23H24N2O3/c1-17-16-25(13-11-19-6-9-21(27-2)15-22(17)19)23(26)10-5-18-3-7-20(8-4-18)28-14-12-24/h3-10,15,17H,11,13-14,16H2,1-2H3/b10-5+. The van der Waals surface area contributed by atoms with Crippen LogP contribution in [0.15, 0.2) is 48.5 Å². The van der Waals surface area contributed by atoms with Crippen molar-refractivity contribution in [3.63, 3.8) is 0 Å². The monoisotopic (exact) mass is 376 g/mol. The number of ether oxygens (including phenoxy) is 2. The van der Waals surface area contributed by atoms with Crippen molar-refractivity contribution in [1.29, 1.82) is 5.26 Å². The van der Waals surface area contributed by atoms with E-state index in [9.17, 15) is 4.79 Å². The summed E-state index contributed by atoms with van der Waals surface area (Å²) in [7, 11) is 1.67. The van der Waals surface area contributed by atoms with Gasteiger partial charge in [0.25, 0.3) is 0 Å². The molecule has 0 saturated heterocycles. The Balaban J connectivity index is 1.65. The maximum absolute atomic E-state index is 12.7.